The van der Waals surface area contributed by atoms with E-state index in [-0.39, 0.29) is 0 Å². The summed E-state index contributed by atoms with van der Waals surface area (Å²) >= 11 is 1.72. The van der Waals surface area contributed by atoms with Crippen LogP contribution in [0.3, 0.4) is 0 Å². The molecule has 1 aliphatic heterocycles. The molecule has 0 atom stereocenters. The number of hydrogen-bond donors (Lipinski definition) is 1. The molecule has 0 amide bonds. The fourth-order valence-corrected chi connectivity index (χ4v) is 3.94. The summed E-state index contributed by atoms with van der Waals surface area (Å²) < 4.78 is 0. The zero-order chi connectivity index (χ0) is 14.1. The normalized spacial score (nSPS) is 16.9. The Balaban J connectivity index is 1.78. The number of nitrogens with two attached hydrogens (primary N) is 1. The van der Waals surface area contributed by atoms with Gasteiger partial charge in [-0.3, -0.25) is 0 Å². The Bertz CT molecular complexity index is 614. The molecule has 0 saturated carbocycles. The van der Waals surface area contributed by atoms with Crippen LogP contribution in [0.4, 0.5) is 5.82 Å². The van der Waals surface area contributed by atoms with E-state index in [0.29, 0.717) is 5.82 Å². The van der Waals surface area contributed by atoms with Crippen LogP contribution in [0, 0.1) is 13.8 Å². The lowest BCUT2D eigenvalue weighted by Gasteiger charge is -2.25. The molecule has 3 rings (SSSR count). The number of aryl methyl sites for hydroxylation is 2. The van der Waals surface area contributed by atoms with Crippen molar-refractivity contribution in [2.45, 2.75) is 39.5 Å². The third-order valence-electron chi connectivity index (χ3n) is 4.20. The lowest BCUT2D eigenvalue weighted by molar-refractivity contribution is 0.230. The van der Waals surface area contributed by atoms with Gasteiger partial charge in [0.05, 0.1) is 5.39 Å². The van der Waals surface area contributed by atoms with Gasteiger partial charge in [-0.2, -0.15) is 0 Å². The predicted octanol–water partition coefficient (Wildman–Crippen LogP) is 2.92. The van der Waals surface area contributed by atoms with Gasteiger partial charge in [0.15, 0.2) is 0 Å². The molecule has 1 aliphatic rings. The number of likely N-dealkylation sites (tertiary alicyclic amines) is 1. The summed E-state index contributed by atoms with van der Waals surface area (Å²) in [5, 5.41) is 1.05. The maximum absolute atomic E-state index is 6.12. The maximum atomic E-state index is 6.12. The fourth-order valence-electron chi connectivity index (χ4n) is 2.88. The molecule has 5 heteroatoms. The molecule has 2 N–H and O–H groups in total. The smallest absolute Gasteiger partial charge is 0.136 e. The lowest BCUT2D eigenvalue weighted by Crippen LogP contribution is -2.31. The van der Waals surface area contributed by atoms with E-state index in [1.807, 2.05) is 0 Å². The van der Waals surface area contributed by atoms with Gasteiger partial charge in [-0.05, 0) is 45.3 Å². The summed E-state index contributed by atoms with van der Waals surface area (Å²) in [6.07, 6.45) is 4.92. The molecular weight excluding hydrogens is 268 g/mol. The average Bonchev–Trinajstić information content (AvgIpc) is 2.73. The average molecular weight is 290 g/mol. The van der Waals surface area contributed by atoms with E-state index in [0.717, 1.165) is 29.0 Å². The van der Waals surface area contributed by atoms with E-state index in [4.69, 9.17) is 10.7 Å². The van der Waals surface area contributed by atoms with Crippen molar-refractivity contribution in [2.75, 3.05) is 25.4 Å². The number of thiophene rings is 1. The highest BCUT2D eigenvalue weighted by Gasteiger charge is 2.14. The number of nitrogens with zero attached hydrogens (tertiary/aromatic N) is 3. The van der Waals surface area contributed by atoms with E-state index in [1.165, 1.54) is 42.8 Å². The quantitative estimate of drug-likeness (QED) is 0.944. The first kappa shape index (κ1) is 13.8. The van der Waals surface area contributed by atoms with E-state index >= 15 is 0 Å². The Kier molecular flexibility index (Phi) is 3.89. The zero-order valence-electron chi connectivity index (χ0n) is 12.3. The molecule has 2 aromatic rings. The molecule has 0 spiro atoms. The van der Waals surface area contributed by atoms with Crippen LogP contribution in [0.15, 0.2) is 0 Å². The highest BCUT2D eigenvalue weighted by Crippen LogP contribution is 2.31. The van der Waals surface area contributed by atoms with Crippen LogP contribution in [0.1, 0.15) is 35.5 Å². The summed E-state index contributed by atoms with van der Waals surface area (Å²) in [5.41, 5.74) is 7.35. The Morgan fingerprint density at radius 2 is 1.90 bits per heavy atom. The third kappa shape index (κ3) is 2.65. The van der Waals surface area contributed by atoms with Gasteiger partial charge in [0, 0.05) is 17.8 Å². The van der Waals surface area contributed by atoms with Crippen LogP contribution in [-0.2, 0) is 6.42 Å². The highest BCUT2D eigenvalue weighted by molar-refractivity contribution is 7.18. The molecule has 0 unspecified atom stereocenters. The van der Waals surface area contributed by atoms with Crippen molar-refractivity contribution in [3.63, 3.8) is 0 Å². The second-order valence-electron chi connectivity index (χ2n) is 5.64. The SMILES string of the molecule is Cc1sc2nc(CCN3CCCCC3)nc(N)c2c1C. The minimum atomic E-state index is 0.644. The van der Waals surface area contributed by atoms with Gasteiger partial charge in [0.25, 0.3) is 0 Å². The van der Waals surface area contributed by atoms with Crippen LogP contribution in [0.2, 0.25) is 0 Å². The van der Waals surface area contributed by atoms with Gasteiger partial charge >= 0.3 is 0 Å². The number of fused-ring (bicyclic) bond motifs is 1. The number of anilines is 1. The van der Waals surface area contributed by atoms with Gasteiger partial charge in [-0.15, -0.1) is 11.3 Å². The number of aromatic nitrogens is 2. The topological polar surface area (TPSA) is 55.0 Å². The molecule has 4 nitrogen and oxygen atoms in total. The largest absolute Gasteiger partial charge is 0.383 e. The van der Waals surface area contributed by atoms with Crippen molar-refractivity contribution in [3.05, 3.63) is 16.3 Å². The van der Waals surface area contributed by atoms with Crippen LogP contribution in [-0.4, -0.2) is 34.5 Å². The van der Waals surface area contributed by atoms with Crippen molar-refractivity contribution in [1.82, 2.24) is 14.9 Å². The first-order chi connectivity index (χ1) is 9.65. The molecule has 0 aromatic carbocycles. The van der Waals surface area contributed by atoms with Crippen LogP contribution >= 0.6 is 11.3 Å². The van der Waals surface area contributed by atoms with Crippen LogP contribution < -0.4 is 5.73 Å². The minimum Gasteiger partial charge on any atom is -0.383 e. The molecule has 2 aromatic heterocycles. The van der Waals surface area contributed by atoms with Gasteiger partial charge < -0.3 is 10.6 Å². The van der Waals surface area contributed by atoms with Crippen molar-refractivity contribution >= 4 is 27.4 Å². The molecule has 0 aliphatic carbocycles. The second kappa shape index (κ2) is 5.66. The Hall–Kier alpha value is -1.20. The number of rotatable bonds is 3. The summed E-state index contributed by atoms with van der Waals surface area (Å²) in [5.74, 6) is 1.53. The van der Waals surface area contributed by atoms with Gasteiger partial charge in [-0.25, -0.2) is 9.97 Å². The summed E-state index contributed by atoms with van der Waals surface area (Å²) in [4.78, 5) is 14.1. The number of piperidine rings is 1. The summed E-state index contributed by atoms with van der Waals surface area (Å²) in [6.45, 7) is 7.70. The van der Waals surface area contributed by atoms with Gasteiger partial charge in [-0.1, -0.05) is 6.42 Å². The Morgan fingerprint density at radius 3 is 2.65 bits per heavy atom. The van der Waals surface area contributed by atoms with Crippen molar-refractivity contribution in [3.8, 4) is 0 Å². The van der Waals surface area contributed by atoms with Crippen LogP contribution in [0.5, 0.6) is 0 Å². The molecule has 1 fully saturated rings. The maximum Gasteiger partial charge on any atom is 0.136 e. The van der Waals surface area contributed by atoms with E-state index in [1.54, 1.807) is 11.3 Å². The van der Waals surface area contributed by atoms with Crippen molar-refractivity contribution < 1.29 is 0 Å². The van der Waals surface area contributed by atoms with Gasteiger partial charge in [0.1, 0.15) is 16.5 Å². The first-order valence-electron chi connectivity index (χ1n) is 7.39. The van der Waals surface area contributed by atoms with Crippen molar-refractivity contribution in [2.24, 2.45) is 0 Å². The molecule has 0 bridgehead atoms. The molecule has 3 heterocycles. The summed E-state index contributed by atoms with van der Waals surface area (Å²) in [6, 6.07) is 0. The zero-order valence-corrected chi connectivity index (χ0v) is 13.1. The Labute approximate surface area is 124 Å². The summed E-state index contributed by atoms with van der Waals surface area (Å²) in [7, 11) is 0. The van der Waals surface area contributed by atoms with E-state index < -0.39 is 0 Å². The predicted molar refractivity (Wildman–Crippen MR) is 85.3 cm³/mol. The Morgan fingerprint density at radius 1 is 1.15 bits per heavy atom. The standard InChI is InChI=1S/C15H22N4S/c1-10-11(2)20-15-13(10)14(16)17-12(18-15)6-9-19-7-4-3-5-8-19/h3-9H2,1-2H3,(H2,16,17,18). The minimum absolute atomic E-state index is 0.644. The third-order valence-corrected chi connectivity index (χ3v) is 5.30. The van der Waals surface area contributed by atoms with Gasteiger partial charge in [0.2, 0.25) is 0 Å². The van der Waals surface area contributed by atoms with E-state index in [2.05, 4.69) is 23.7 Å². The molecule has 1 saturated heterocycles. The van der Waals surface area contributed by atoms with Crippen LogP contribution in [0.25, 0.3) is 10.2 Å². The lowest BCUT2D eigenvalue weighted by atomic mass is 10.1. The molecular formula is C15H22N4S. The highest BCUT2D eigenvalue weighted by atomic mass is 32.1. The molecule has 0 radical (unpaired) electrons. The molecule has 20 heavy (non-hydrogen) atoms. The second-order valence-corrected chi connectivity index (χ2v) is 6.84. The monoisotopic (exact) mass is 290 g/mol. The molecule has 108 valence electrons. The number of nitrogen functional groups attached to an aromatic ring is 1. The van der Waals surface area contributed by atoms with Crippen molar-refractivity contribution in [1.29, 1.82) is 0 Å². The first-order valence-corrected chi connectivity index (χ1v) is 8.21. The number of hydrogen-bond acceptors (Lipinski definition) is 5. The van der Waals surface area contributed by atoms with E-state index in [9.17, 15) is 0 Å². The fraction of sp³-hybridized carbons (Fsp3) is 0.600.